The zero-order chi connectivity index (χ0) is 19.1. The van der Waals surface area contributed by atoms with Crippen molar-refractivity contribution >= 4 is 41.1 Å². The van der Waals surface area contributed by atoms with Crippen LogP contribution in [0.2, 0.25) is 5.02 Å². The first kappa shape index (κ1) is 20.5. The summed E-state index contributed by atoms with van der Waals surface area (Å²) in [5.74, 6) is 0.819. The van der Waals surface area contributed by atoms with E-state index in [2.05, 4.69) is 47.8 Å². The van der Waals surface area contributed by atoms with Crippen LogP contribution in [0, 0.1) is 13.8 Å². The van der Waals surface area contributed by atoms with Gasteiger partial charge in [0.15, 0.2) is 0 Å². The van der Waals surface area contributed by atoms with Gasteiger partial charge in [-0.25, -0.2) is 4.99 Å². The zero-order valence-corrected chi connectivity index (χ0v) is 17.7. The van der Waals surface area contributed by atoms with E-state index in [1.165, 1.54) is 16.0 Å². The Balaban J connectivity index is 2.18. The molecule has 0 aliphatic heterocycles. The van der Waals surface area contributed by atoms with Crippen LogP contribution in [0.4, 0.5) is 5.69 Å². The second-order valence-electron chi connectivity index (χ2n) is 6.18. The van der Waals surface area contributed by atoms with Crippen molar-refractivity contribution in [1.82, 2.24) is 4.90 Å². The molecule has 0 aliphatic rings. The molecular formula is C21H26ClN3S. The Morgan fingerprint density at radius 1 is 1.15 bits per heavy atom. The zero-order valence-electron chi connectivity index (χ0n) is 16.1. The molecule has 0 heterocycles. The quantitative estimate of drug-likeness (QED) is 0.342. The van der Waals surface area contributed by atoms with Crippen LogP contribution in [0.1, 0.15) is 23.6 Å². The minimum absolute atomic E-state index is 0.759. The molecule has 0 spiro atoms. The van der Waals surface area contributed by atoms with Crippen LogP contribution in [-0.2, 0) is 0 Å². The number of aryl methyl sites for hydroxylation is 2. The topological polar surface area (TPSA) is 28.0 Å². The highest BCUT2D eigenvalue weighted by Gasteiger charge is 2.10. The molecule has 0 saturated carbocycles. The fourth-order valence-electron chi connectivity index (χ4n) is 2.44. The van der Waals surface area contributed by atoms with Gasteiger partial charge in [0.1, 0.15) is 0 Å². The van der Waals surface area contributed by atoms with Crippen LogP contribution in [0.3, 0.4) is 0 Å². The van der Waals surface area contributed by atoms with E-state index in [9.17, 15) is 0 Å². The molecule has 0 amide bonds. The molecule has 0 aromatic heterocycles. The summed E-state index contributed by atoms with van der Waals surface area (Å²) in [6, 6.07) is 12.3. The van der Waals surface area contributed by atoms with Gasteiger partial charge in [0.25, 0.3) is 0 Å². The van der Waals surface area contributed by atoms with E-state index in [1.54, 1.807) is 11.8 Å². The lowest BCUT2D eigenvalue weighted by Crippen LogP contribution is -2.14. The number of halogens is 1. The lowest BCUT2D eigenvalue weighted by atomic mass is 10.0. The van der Waals surface area contributed by atoms with Crippen molar-refractivity contribution in [3.05, 3.63) is 58.1 Å². The average molecular weight is 388 g/mol. The Labute approximate surface area is 166 Å². The highest BCUT2D eigenvalue weighted by molar-refractivity contribution is 8.00. The van der Waals surface area contributed by atoms with Crippen molar-refractivity contribution < 1.29 is 0 Å². The number of hydrogen-bond donors (Lipinski definition) is 0. The van der Waals surface area contributed by atoms with Crippen LogP contribution < -0.4 is 0 Å². The van der Waals surface area contributed by atoms with Crippen molar-refractivity contribution in [2.75, 3.05) is 26.4 Å². The van der Waals surface area contributed by atoms with Gasteiger partial charge >= 0.3 is 0 Å². The highest BCUT2D eigenvalue weighted by atomic mass is 35.5. The first-order valence-corrected chi connectivity index (χ1v) is 10.0. The van der Waals surface area contributed by atoms with Gasteiger partial charge in [-0.3, -0.25) is 4.99 Å². The van der Waals surface area contributed by atoms with Crippen molar-refractivity contribution in [1.29, 1.82) is 0 Å². The van der Waals surface area contributed by atoms with Crippen LogP contribution in [0.15, 0.2) is 51.3 Å². The molecule has 0 unspecified atom stereocenters. The fourth-order valence-corrected chi connectivity index (χ4v) is 3.48. The molecule has 0 atom stereocenters. The molecule has 0 aliphatic carbocycles. The third-order valence-electron chi connectivity index (χ3n) is 4.21. The monoisotopic (exact) mass is 387 g/mol. The molecule has 138 valence electrons. The Kier molecular flexibility index (Phi) is 7.73. The predicted octanol–water partition coefficient (Wildman–Crippen LogP) is 5.78. The average Bonchev–Trinajstić information content (AvgIpc) is 2.64. The maximum Gasteiger partial charge on any atom is 0.0909 e. The van der Waals surface area contributed by atoms with Gasteiger partial charge in [0, 0.05) is 36.3 Å². The fraction of sp³-hybridized carbons (Fsp3) is 0.333. The predicted molar refractivity (Wildman–Crippen MR) is 117 cm³/mol. The molecule has 5 heteroatoms. The van der Waals surface area contributed by atoms with Gasteiger partial charge in [-0.05, 0) is 73.9 Å². The van der Waals surface area contributed by atoms with Crippen LogP contribution in [0.25, 0.3) is 0 Å². The summed E-state index contributed by atoms with van der Waals surface area (Å²) in [6.07, 6.45) is 1.88. The van der Waals surface area contributed by atoms with E-state index in [0.717, 1.165) is 34.3 Å². The summed E-state index contributed by atoms with van der Waals surface area (Å²) in [5, 5.41) is 0.759. The SMILES string of the molecule is CCN(C)C=Nc1cc(C)c(C(CSc2ccc(Cl)cc2)=NC)cc1C. The standard InChI is InChI=1S/C21H26ClN3S/c1-6-25(5)14-24-20-12-15(2)19(11-16(20)3)21(23-4)13-26-18-9-7-17(22)8-10-18/h7-12,14H,6,13H2,1-5H3. The Morgan fingerprint density at radius 3 is 2.46 bits per heavy atom. The first-order valence-electron chi connectivity index (χ1n) is 8.64. The molecule has 2 aromatic rings. The minimum Gasteiger partial charge on any atom is -0.366 e. The van der Waals surface area contributed by atoms with Crippen molar-refractivity contribution in [3.8, 4) is 0 Å². The third-order valence-corrected chi connectivity index (χ3v) is 5.48. The van der Waals surface area contributed by atoms with Crippen LogP contribution in [0.5, 0.6) is 0 Å². The molecule has 0 fully saturated rings. The molecule has 0 bridgehead atoms. The smallest absolute Gasteiger partial charge is 0.0909 e. The molecule has 2 aromatic carbocycles. The second kappa shape index (κ2) is 9.79. The summed E-state index contributed by atoms with van der Waals surface area (Å²) < 4.78 is 0. The maximum atomic E-state index is 5.96. The van der Waals surface area contributed by atoms with Gasteiger partial charge in [0.2, 0.25) is 0 Å². The lowest BCUT2D eigenvalue weighted by molar-refractivity contribution is 0.552. The number of nitrogens with zero attached hydrogens (tertiary/aromatic N) is 3. The van der Waals surface area contributed by atoms with E-state index in [-0.39, 0.29) is 0 Å². The summed E-state index contributed by atoms with van der Waals surface area (Å²) in [4.78, 5) is 12.4. The summed E-state index contributed by atoms with van der Waals surface area (Å²) in [6.45, 7) is 7.26. The largest absolute Gasteiger partial charge is 0.366 e. The van der Waals surface area contributed by atoms with E-state index in [0.29, 0.717) is 0 Å². The first-order chi connectivity index (χ1) is 12.4. The van der Waals surface area contributed by atoms with Crippen LogP contribution in [-0.4, -0.2) is 43.3 Å². The molecule has 0 radical (unpaired) electrons. The van der Waals surface area contributed by atoms with Crippen LogP contribution >= 0.6 is 23.4 Å². The number of benzene rings is 2. The van der Waals surface area contributed by atoms with Crippen molar-refractivity contribution in [2.24, 2.45) is 9.98 Å². The number of thioether (sulfide) groups is 1. The molecule has 0 saturated heterocycles. The number of hydrogen-bond acceptors (Lipinski definition) is 3. The summed E-state index contributed by atoms with van der Waals surface area (Å²) in [7, 11) is 3.88. The maximum absolute atomic E-state index is 5.96. The molecule has 0 N–H and O–H groups in total. The van der Waals surface area contributed by atoms with Crippen molar-refractivity contribution in [2.45, 2.75) is 25.7 Å². The van der Waals surface area contributed by atoms with Gasteiger partial charge in [-0.15, -0.1) is 11.8 Å². The van der Waals surface area contributed by atoms with Gasteiger partial charge < -0.3 is 4.90 Å². The number of aliphatic imine (C=N–C) groups is 2. The van der Waals surface area contributed by atoms with E-state index in [1.807, 2.05) is 44.7 Å². The number of rotatable bonds is 7. The molecular weight excluding hydrogens is 362 g/mol. The van der Waals surface area contributed by atoms with E-state index >= 15 is 0 Å². The summed E-state index contributed by atoms with van der Waals surface area (Å²) in [5.41, 5.74) is 5.64. The Bertz CT molecular complexity index is 798. The molecule has 2 rings (SSSR count). The minimum atomic E-state index is 0.759. The van der Waals surface area contributed by atoms with Gasteiger partial charge in [-0.1, -0.05) is 11.6 Å². The van der Waals surface area contributed by atoms with Gasteiger partial charge in [0.05, 0.1) is 17.7 Å². The Hall–Kier alpha value is -1.78. The molecule has 26 heavy (non-hydrogen) atoms. The normalized spacial score (nSPS) is 12.0. The highest BCUT2D eigenvalue weighted by Crippen LogP contribution is 2.26. The molecule has 3 nitrogen and oxygen atoms in total. The van der Waals surface area contributed by atoms with E-state index < -0.39 is 0 Å². The van der Waals surface area contributed by atoms with Crippen molar-refractivity contribution in [3.63, 3.8) is 0 Å². The lowest BCUT2D eigenvalue weighted by Gasteiger charge is -2.13. The van der Waals surface area contributed by atoms with Gasteiger partial charge in [-0.2, -0.15) is 0 Å². The second-order valence-corrected chi connectivity index (χ2v) is 7.67. The Morgan fingerprint density at radius 2 is 1.85 bits per heavy atom. The summed E-state index contributed by atoms with van der Waals surface area (Å²) >= 11 is 7.72. The third kappa shape index (κ3) is 5.61. The van der Waals surface area contributed by atoms with E-state index in [4.69, 9.17) is 11.6 Å².